The number of fused-ring (bicyclic) bond motifs is 1. The molecular weight excluding hydrogens is 204 g/mol. The predicted molar refractivity (Wildman–Crippen MR) is 50.8 cm³/mol. The number of ether oxygens (including phenoxy) is 1. The summed E-state index contributed by atoms with van der Waals surface area (Å²) in [5.74, 6) is 0.0872. The molecule has 0 spiro atoms. The summed E-state index contributed by atoms with van der Waals surface area (Å²) >= 11 is 5.52. The summed E-state index contributed by atoms with van der Waals surface area (Å²) < 4.78 is 4.95. The van der Waals surface area contributed by atoms with Gasteiger partial charge in [0.15, 0.2) is 0 Å². The molecule has 0 aromatic carbocycles. The van der Waals surface area contributed by atoms with Crippen molar-refractivity contribution in [1.82, 2.24) is 0 Å². The minimum absolute atomic E-state index is 0.0855. The molecule has 0 saturated heterocycles. The second-order valence-corrected chi connectivity index (χ2v) is 4.63. The average molecular weight is 217 g/mol. The van der Waals surface area contributed by atoms with Crippen molar-refractivity contribution in [1.29, 1.82) is 0 Å². The van der Waals surface area contributed by atoms with Crippen LogP contribution in [0.25, 0.3) is 0 Å². The lowest BCUT2D eigenvalue weighted by molar-refractivity contribution is -0.148. The zero-order valence-electron chi connectivity index (χ0n) is 8.09. The third-order valence-electron chi connectivity index (χ3n) is 3.49. The zero-order valence-corrected chi connectivity index (χ0v) is 8.84. The molecule has 3 fully saturated rings. The SMILES string of the molecule is CCOC(=O)C1C[C@]2(C(=O)Cl)C[C@@H]1C2. The molecule has 0 heterocycles. The number of carbonyl (C=O) groups excluding carboxylic acids is 2. The maximum atomic E-state index is 11.5. The van der Waals surface area contributed by atoms with Gasteiger partial charge in [0, 0.05) is 5.41 Å². The molecule has 3 rings (SSSR count). The standard InChI is InChI=1S/C10H13ClO3/c1-2-14-8(12)7-5-10(9(11)13)3-6(7)4-10/h6-7H,2-5H2,1H3/t6-,7?,10+. The third kappa shape index (κ3) is 1.26. The van der Waals surface area contributed by atoms with E-state index in [1.54, 1.807) is 6.92 Å². The fraction of sp³-hybridized carbons (Fsp3) is 0.800. The van der Waals surface area contributed by atoms with E-state index in [0.29, 0.717) is 18.9 Å². The summed E-state index contributed by atoms with van der Waals surface area (Å²) in [7, 11) is 0. The van der Waals surface area contributed by atoms with Crippen LogP contribution in [0.4, 0.5) is 0 Å². The van der Waals surface area contributed by atoms with Gasteiger partial charge in [-0.15, -0.1) is 0 Å². The molecule has 78 valence electrons. The second kappa shape index (κ2) is 3.23. The van der Waals surface area contributed by atoms with Gasteiger partial charge in [0.25, 0.3) is 0 Å². The van der Waals surface area contributed by atoms with Crippen molar-refractivity contribution in [3.8, 4) is 0 Å². The Hall–Kier alpha value is -0.570. The molecule has 2 bridgehead atoms. The third-order valence-corrected chi connectivity index (χ3v) is 3.89. The normalized spacial score (nSPS) is 39.0. The molecule has 0 aromatic heterocycles. The smallest absolute Gasteiger partial charge is 0.309 e. The highest BCUT2D eigenvalue weighted by Gasteiger charge is 2.61. The molecule has 14 heavy (non-hydrogen) atoms. The van der Waals surface area contributed by atoms with Crippen LogP contribution in [-0.4, -0.2) is 17.8 Å². The van der Waals surface area contributed by atoms with E-state index >= 15 is 0 Å². The Kier molecular flexibility index (Phi) is 2.30. The van der Waals surface area contributed by atoms with Crippen LogP contribution in [0.3, 0.4) is 0 Å². The van der Waals surface area contributed by atoms with Gasteiger partial charge in [-0.25, -0.2) is 0 Å². The lowest BCUT2D eigenvalue weighted by Crippen LogP contribution is -2.33. The van der Waals surface area contributed by atoms with Gasteiger partial charge in [-0.2, -0.15) is 0 Å². The molecule has 0 aliphatic heterocycles. The fourth-order valence-corrected chi connectivity index (χ4v) is 2.98. The van der Waals surface area contributed by atoms with E-state index in [4.69, 9.17) is 16.3 Å². The minimum atomic E-state index is -0.385. The Balaban J connectivity index is 2.02. The van der Waals surface area contributed by atoms with Crippen molar-refractivity contribution in [2.24, 2.45) is 17.3 Å². The summed E-state index contributed by atoms with van der Waals surface area (Å²) in [5, 5.41) is -0.277. The summed E-state index contributed by atoms with van der Waals surface area (Å²) in [5.41, 5.74) is -0.385. The van der Waals surface area contributed by atoms with E-state index in [0.717, 1.165) is 12.8 Å². The fourth-order valence-electron chi connectivity index (χ4n) is 2.75. The maximum Gasteiger partial charge on any atom is 0.309 e. The molecule has 0 aromatic rings. The largest absolute Gasteiger partial charge is 0.466 e. The monoisotopic (exact) mass is 216 g/mol. The van der Waals surface area contributed by atoms with Crippen LogP contribution in [0.1, 0.15) is 26.2 Å². The minimum Gasteiger partial charge on any atom is -0.466 e. The van der Waals surface area contributed by atoms with Crippen LogP contribution in [0.15, 0.2) is 0 Å². The summed E-state index contributed by atoms with van der Waals surface area (Å²) in [6.07, 6.45) is 2.15. The Morgan fingerprint density at radius 2 is 2.07 bits per heavy atom. The number of carbonyl (C=O) groups is 2. The first-order chi connectivity index (χ1) is 6.59. The van der Waals surface area contributed by atoms with Crippen molar-refractivity contribution in [3.05, 3.63) is 0 Å². The van der Waals surface area contributed by atoms with E-state index in [1.165, 1.54) is 0 Å². The molecule has 1 unspecified atom stereocenters. The lowest BCUT2D eigenvalue weighted by Gasteiger charge is -2.34. The van der Waals surface area contributed by atoms with Gasteiger partial charge in [-0.05, 0) is 43.7 Å². The summed E-state index contributed by atoms with van der Waals surface area (Å²) in [6.45, 7) is 2.20. The van der Waals surface area contributed by atoms with Gasteiger partial charge in [-0.1, -0.05) is 0 Å². The van der Waals surface area contributed by atoms with Crippen LogP contribution in [-0.2, 0) is 14.3 Å². The van der Waals surface area contributed by atoms with Crippen LogP contribution in [0.2, 0.25) is 0 Å². The van der Waals surface area contributed by atoms with Crippen LogP contribution in [0.5, 0.6) is 0 Å². The summed E-state index contributed by atoms with van der Waals surface area (Å²) in [4.78, 5) is 22.6. The molecule has 3 saturated carbocycles. The lowest BCUT2D eigenvalue weighted by atomic mass is 9.70. The number of hydrogen-bond donors (Lipinski definition) is 0. The molecule has 3 aliphatic carbocycles. The predicted octanol–water partition coefficient (Wildman–Crippen LogP) is 1.73. The van der Waals surface area contributed by atoms with Crippen molar-refractivity contribution in [3.63, 3.8) is 0 Å². The second-order valence-electron chi connectivity index (χ2n) is 4.29. The number of esters is 1. The topological polar surface area (TPSA) is 43.4 Å². The van der Waals surface area contributed by atoms with Crippen LogP contribution >= 0.6 is 11.6 Å². The first-order valence-corrected chi connectivity index (χ1v) is 5.33. The van der Waals surface area contributed by atoms with Gasteiger partial charge in [0.2, 0.25) is 5.24 Å². The van der Waals surface area contributed by atoms with Crippen molar-refractivity contribution < 1.29 is 14.3 Å². The Bertz CT molecular complexity index is 281. The number of hydrogen-bond acceptors (Lipinski definition) is 3. The van der Waals surface area contributed by atoms with E-state index in [1.807, 2.05) is 0 Å². The first kappa shape index (κ1) is 9.97. The summed E-state index contributed by atoms with van der Waals surface area (Å²) in [6, 6.07) is 0. The van der Waals surface area contributed by atoms with Crippen LogP contribution in [0, 0.1) is 17.3 Å². The van der Waals surface area contributed by atoms with Crippen molar-refractivity contribution >= 4 is 22.8 Å². The van der Waals surface area contributed by atoms with Gasteiger partial charge < -0.3 is 4.74 Å². The van der Waals surface area contributed by atoms with Crippen molar-refractivity contribution in [2.75, 3.05) is 6.61 Å². The molecule has 3 nitrogen and oxygen atoms in total. The Morgan fingerprint density at radius 1 is 1.43 bits per heavy atom. The zero-order chi connectivity index (χ0) is 10.3. The molecule has 0 N–H and O–H groups in total. The Morgan fingerprint density at radius 3 is 2.50 bits per heavy atom. The molecule has 0 amide bonds. The van der Waals surface area contributed by atoms with Crippen LogP contribution < -0.4 is 0 Å². The van der Waals surface area contributed by atoms with Gasteiger partial charge in [0.05, 0.1) is 12.5 Å². The van der Waals surface area contributed by atoms with E-state index in [2.05, 4.69) is 0 Å². The quantitative estimate of drug-likeness (QED) is 0.533. The average Bonchev–Trinajstić information content (AvgIpc) is 2.57. The van der Waals surface area contributed by atoms with Gasteiger partial charge in [0.1, 0.15) is 0 Å². The van der Waals surface area contributed by atoms with E-state index in [9.17, 15) is 9.59 Å². The highest BCUT2D eigenvalue weighted by atomic mass is 35.5. The highest BCUT2D eigenvalue weighted by molar-refractivity contribution is 6.64. The molecule has 1 atom stereocenters. The number of rotatable bonds is 3. The first-order valence-electron chi connectivity index (χ1n) is 4.95. The molecule has 0 radical (unpaired) electrons. The van der Waals surface area contributed by atoms with E-state index in [-0.39, 0.29) is 22.5 Å². The number of halogens is 1. The van der Waals surface area contributed by atoms with E-state index < -0.39 is 0 Å². The molecule has 4 heteroatoms. The highest BCUT2D eigenvalue weighted by Crippen LogP contribution is 2.62. The van der Waals surface area contributed by atoms with Gasteiger partial charge in [-0.3, -0.25) is 9.59 Å². The molecule has 3 aliphatic rings. The Labute approximate surface area is 87.8 Å². The van der Waals surface area contributed by atoms with Gasteiger partial charge >= 0.3 is 5.97 Å². The maximum absolute atomic E-state index is 11.5. The van der Waals surface area contributed by atoms with Crippen molar-refractivity contribution in [2.45, 2.75) is 26.2 Å². The molecular formula is C10H13ClO3.